The summed E-state index contributed by atoms with van der Waals surface area (Å²) in [5.74, 6) is 5.68. The van der Waals surface area contributed by atoms with E-state index in [2.05, 4.69) is 88.3 Å². The van der Waals surface area contributed by atoms with E-state index in [9.17, 15) is 0 Å². The standard InChI is InChI=1S/C43H70O4Si/c1-7-10-13-16-19-22-30-45-41-34-40(37-44-36-39-27-25-38(26-28-39)29-33-48(4,5)6)35-42(46-31-23-20-17-14-11-8-2)43(41)47-32-24-21-18-15-12-9-3/h25-28,34-35H,7-24,30-32,36-37H2,1-6H3. The lowest BCUT2D eigenvalue weighted by Gasteiger charge is -2.19. The lowest BCUT2D eigenvalue weighted by atomic mass is 10.1. The molecular weight excluding hydrogens is 609 g/mol. The minimum Gasteiger partial charge on any atom is -0.490 e. The summed E-state index contributed by atoms with van der Waals surface area (Å²) in [6, 6.07) is 12.7. The topological polar surface area (TPSA) is 36.9 Å². The lowest BCUT2D eigenvalue weighted by molar-refractivity contribution is 0.106. The third kappa shape index (κ3) is 20.2. The van der Waals surface area contributed by atoms with Gasteiger partial charge in [0.05, 0.1) is 33.0 Å². The van der Waals surface area contributed by atoms with Crippen molar-refractivity contribution in [3.05, 3.63) is 53.1 Å². The van der Waals surface area contributed by atoms with Gasteiger partial charge in [-0.2, -0.15) is 0 Å². The van der Waals surface area contributed by atoms with Crippen LogP contribution in [0.1, 0.15) is 153 Å². The first kappa shape index (κ1) is 41.7. The second-order valence-electron chi connectivity index (χ2n) is 14.5. The first-order valence-corrected chi connectivity index (χ1v) is 23.1. The highest BCUT2D eigenvalue weighted by molar-refractivity contribution is 6.83. The van der Waals surface area contributed by atoms with Gasteiger partial charge in [-0.25, -0.2) is 0 Å². The van der Waals surface area contributed by atoms with Crippen LogP contribution in [0.15, 0.2) is 36.4 Å². The molecule has 270 valence electrons. The predicted molar refractivity (Wildman–Crippen MR) is 208 cm³/mol. The molecule has 0 fully saturated rings. The van der Waals surface area contributed by atoms with Crippen LogP contribution in [0, 0.1) is 11.5 Å². The highest BCUT2D eigenvalue weighted by Crippen LogP contribution is 2.40. The quantitative estimate of drug-likeness (QED) is 0.0510. The summed E-state index contributed by atoms with van der Waals surface area (Å²) in [6.45, 7) is 16.7. The van der Waals surface area contributed by atoms with E-state index in [1.807, 2.05) is 0 Å². The zero-order chi connectivity index (χ0) is 34.7. The molecule has 0 N–H and O–H groups in total. The summed E-state index contributed by atoms with van der Waals surface area (Å²) < 4.78 is 25.6. The Morgan fingerprint density at radius 1 is 0.500 bits per heavy atom. The predicted octanol–water partition coefficient (Wildman–Crippen LogP) is 12.9. The molecule has 2 aromatic rings. The van der Waals surface area contributed by atoms with Crippen LogP contribution in [0.25, 0.3) is 0 Å². The summed E-state index contributed by atoms with van der Waals surface area (Å²) >= 11 is 0. The van der Waals surface area contributed by atoms with Crippen LogP contribution in [0.4, 0.5) is 0 Å². The van der Waals surface area contributed by atoms with Gasteiger partial charge in [-0.3, -0.25) is 0 Å². The van der Waals surface area contributed by atoms with E-state index in [0.29, 0.717) is 33.0 Å². The summed E-state index contributed by atoms with van der Waals surface area (Å²) in [6.07, 6.45) is 22.2. The first-order chi connectivity index (χ1) is 23.4. The van der Waals surface area contributed by atoms with Crippen molar-refractivity contribution in [1.82, 2.24) is 0 Å². The average molecular weight is 679 g/mol. The molecule has 0 unspecified atom stereocenters. The van der Waals surface area contributed by atoms with E-state index in [4.69, 9.17) is 18.9 Å². The van der Waals surface area contributed by atoms with Gasteiger partial charge in [0.25, 0.3) is 0 Å². The lowest BCUT2D eigenvalue weighted by Crippen LogP contribution is -2.16. The van der Waals surface area contributed by atoms with E-state index in [0.717, 1.165) is 53.2 Å². The molecule has 0 aliphatic rings. The van der Waals surface area contributed by atoms with Crippen molar-refractivity contribution in [2.24, 2.45) is 0 Å². The normalized spacial score (nSPS) is 11.3. The Kier molecular flexibility index (Phi) is 23.0. The number of hydrogen-bond acceptors (Lipinski definition) is 4. The van der Waals surface area contributed by atoms with Crippen LogP contribution in [0.3, 0.4) is 0 Å². The molecule has 0 saturated carbocycles. The van der Waals surface area contributed by atoms with Crippen molar-refractivity contribution in [1.29, 1.82) is 0 Å². The second-order valence-corrected chi connectivity index (χ2v) is 19.2. The van der Waals surface area contributed by atoms with Gasteiger partial charge in [0, 0.05) is 5.56 Å². The number of ether oxygens (including phenoxy) is 4. The van der Waals surface area contributed by atoms with Gasteiger partial charge < -0.3 is 18.9 Å². The molecule has 0 heterocycles. The van der Waals surface area contributed by atoms with Crippen molar-refractivity contribution in [3.63, 3.8) is 0 Å². The summed E-state index contributed by atoms with van der Waals surface area (Å²) in [5.41, 5.74) is 6.71. The summed E-state index contributed by atoms with van der Waals surface area (Å²) in [4.78, 5) is 0. The Balaban J connectivity index is 2.13. The van der Waals surface area contributed by atoms with Gasteiger partial charge in [-0.1, -0.05) is 155 Å². The van der Waals surface area contributed by atoms with Crippen molar-refractivity contribution >= 4 is 8.07 Å². The number of rotatable bonds is 28. The molecule has 0 aliphatic carbocycles. The fourth-order valence-corrected chi connectivity index (χ4v) is 6.01. The highest BCUT2D eigenvalue weighted by Gasteiger charge is 2.17. The largest absolute Gasteiger partial charge is 0.490 e. The second kappa shape index (κ2) is 26.4. The minimum absolute atomic E-state index is 0.482. The third-order valence-corrected chi connectivity index (χ3v) is 9.28. The molecule has 0 atom stereocenters. The third-order valence-electron chi connectivity index (χ3n) is 8.41. The van der Waals surface area contributed by atoms with Crippen molar-refractivity contribution in [2.45, 2.75) is 169 Å². The van der Waals surface area contributed by atoms with Gasteiger partial charge in [0.2, 0.25) is 5.75 Å². The Labute approximate surface area is 297 Å². The SMILES string of the molecule is CCCCCCCCOc1cc(COCc2ccc(C#C[Si](C)(C)C)cc2)cc(OCCCCCCCC)c1OCCCCCCCC. The van der Waals surface area contributed by atoms with Crippen LogP contribution in [0.5, 0.6) is 17.2 Å². The molecule has 0 radical (unpaired) electrons. The van der Waals surface area contributed by atoms with Gasteiger partial charge in [0.15, 0.2) is 11.5 Å². The van der Waals surface area contributed by atoms with Gasteiger partial charge in [0.1, 0.15) is 8.07 Å². The molecule has 0 aromatic heterocycles. The molecule has 4 nitrogen and oxygen atoms in total. The van der Waals surface area contributed by atoms with E-state index in [-0.39, 0.29) is 0 Å². The maximum atomic E-state index is 6.48. The van der Waals surface area contributed by atoms with E-state index in [1.165, 1.54) is 96.3 Å². The zero-order valence-electron chi connectivity index (χ0n) is 31.9. The summed E-state index contributed by atoms with van der Waals surface area (Å²) in [7, 11) is -1.39. The Morgan fingerprint density at radius 2 is 0.917 bits per heavy atom. The van der Waals surface area contributed by atoms with Crippen LogP contribution >= 0.6 is 0 Å². The Bertz CT molecular complexity index is 1100. The maximum Gasteiger partial charge on any atom is 0.203 e. The van der Waals surface area contributed by atoms with Crippen LogP contribution in [0.2, 0.25) is 19.6 Å². The Hall–Kier alpha value is -2.42. The fraction of sp³-hybridized carbons (Fsp3) is 0.674. The van der Waals surface area contributed by atoms with Gasteiger partial charge in [-0.05, 0) is 54.7 Å². The van der Waals surface area contributed by atoms with E-state index in [1.54, 1.807) is 0 Å². The van der Waals surface area contributed by atoms with Crippen LogP contribution in [-0.2, 0) is 18.0 Å². The monoisotopic (exact) mass is 679 g/mol. The molecule has 0 saturated heterocycles. The van der Waals surface area contributed by atoms with Crippen LogP contribution < -0.4 is 14.2 Å². The highest BCUT2D eigenvalue weighted by atomic mass is 28.3. The van der Waals surface area contributed by atoms with Crippen molar-refractivity contribution in [2.75, 3.05) is 19.8 Å². The average Bonchev–Trinajstić information content (AvgIpc) is 3.07. The van der Waals surface area contributed by atoms with E-state index < -0.39 is 8.07 Å². The molecule has 0 aliphatic heterocycles. The molecule has 2 rings (SSSR count). The maximum absolute atomic E-state index is 6.48. The fourth-order valence-electron chi connectivity index (χ4n) is 5.49. The number of unbranched alkanes of at least 4 members (excludes halogenated alkanes) is 15. The van der Waals surface area contributed by atoms with Crippen molar-refractivity contribution in [3.8, 4) is 28.7 Å². The molecule has 0 bridgehead atoms. The number of benzene rings is 2. The van der Waals surface area contributed by atoms with Crippen LogP contribution in [-0.4, -0.2) is 27.9 Å². The van der Waals surface area contributed by atoms with Gasteiger partial charge >= 0.3 is 0 Å². The molecular formula is C43H70O4Si. The van der Waals surface area contributed by atoms with Crippen molar-refractivity contribution < 1.29 is 18.9 Å². The summed E-state index contributed by atoms with van der Waals surface area (Å²) in [5, 5.41) is 0. The molecule has 0 spiro atoms. The molecule has 5 heteroatoms. The first-order valence-electron chi connectivity index (χ1n) is 19.6. The smallest absolute Gasteiger partial charge is 0.203 e. The zero-order valence-corrected chi connectivity index (χ0v) is 32.9. The number of hydrogen-bond donors (Lipinski definition) is 0. The molecule has 0 amide bonds. The minimum atomic E-state index is -1.39. The van der Waals surface area contributed by atoms with E-state index >= 15 is 0 Å². The Morgan fingerprint density at radius 3 is 1.38 bits per heavy atom. The van der Waals surface area contributed by atoms with Gasteiger partial charge in [-0.15, -0.1) is 5.54 Å². The molecule has 2 aromatic carbocycles. The molecule has 48 heavy (non-hydrogen) atoms.